The Morgan fingerprint density at radius 1 is 1.28 bits per heavy atom. The molecule has 3 heterocycles. The first-order valence-corrected chi connectivity index (χ1v) is 9.30. The molecule has 1 amide bonds. The molecule has 1 aromatic heterocycles. The van der Waals surface area contributed by atoms with Crippen LogP contribution in [0.15, 0.2) is 24.4 Å². The Bertz CT molecular complexity index is 829. The van der Waals surface area contributed by atoms with Crippen LogP contribution in [0.1, 0.15) is 44.1 Å². The Balaban J connectivity index is 1.31. The number of carbonyl (C=O) groups excluding carboxylic acids is 1. The molecule has 2 unspecified atom stereocenters. The molecule has 2 aliphatic carbocycles. The summed E-state index contributed by atoms with van der Waals surface area (Å²) in [5, 5.41) is 11.6. The average Bonchev–Trinajstić information content (AvgIpc) is 2.93. The molecule has 4 aliphatic rings. The number of hydrogen-bond donors (Lipinski definition) is 2. The van der Waals surface area contributed by atoms with Crippen LogP contribution in [0.4, 0.5) is 4.39 Å². The van der Waals surface area contributed by atoms with Gasteiger partial charge in [0, 0.05) is 35.6 Å². The number of amides is 1. The lowest BCUT2D eigenvalue weighted by molar-refractivity contribution is -0.174. The van der Waals surface area contributed by atoms with Gasteiger partial charge in [0.2, 0.25) is 5.91 Å². The molecule has 2 aliphatic heterocycles. The maximum Gasteiger partial charge on any atom is 0.223 e. The zero-order chi connectivity index (χ0) is 17.2. The molecular formula is C20H23FN2O2. The zero-order valence-corrected chi connectivity index (χ0v) is 14.2. The van der Waals surface area contributed by atoms with Gasteiger partial charge in [0.25, 0.3) is 0 Å². The number of aromatic amines is 1. The summed E-state index contributed by atoms with van der Waals surface area (Å²) in [5.74, 6) is 0.540. The van der Waals surface area contributed by atoms with Crippen molar-refractivity contribution in [1.82, 2.24) is 9.88 Å². The van der Waals surface area contributed by atoms with Gasteiger partial charge < -0.3 is 15.0 Å². The van der Waals surface area contributed by atoms with Gasteiger partial charge in [-0.1, -0.05) is 0 Å². The topological polar surface area (TPSA) is 56.3 Å². The van der Waals surface area contributed by atoms with Crippen LogP contribution in [0.25, 0.3) is 10.9 Å². The van der Waals surface area contributed by atoms with Gasteiger partial charge in [0.1, 0.15) is 5.82 Å². The van der Waals surface area contributed by atoms with Gasteiger partial charge in [-0.25, -0.2) is 4.39 Å². The highest BCUT2D eigenvalue weighted by molar-refractivity contribution is 5.84. The first-order valence-electron chi connectivity index (χ1n) is 9.30. The number of carbonyl (C=O) groups is 1. The largest absolute Gasteiger partial charge is 0.390 e. The standard InChI is InChI=1S/C20H23FN2O2/c21-14-2-3-17-13(11-22-18(17)7-14)1-4-19(24)23-15-5-12-6-16(23)10-20(25,8-12)9-15/h2-3,7,11-12,15-16,22,25H,1,4-6,8-10H2. The minimum atomic E-state index is -0.520. The number of halogens is 1. The lowest BCUT2D eigenvalue weighted by Gasteiger charge is -2.59. The molecule has 0 spiro atoms. The van der Waals surface area contributed by atoms with Crippen LogP contribution in [0.3, 0.4) is 0 Å². The lowest BCUT2D eigenvalue weighted by atomic mass is 9.61. The fourth-order valence-electron chi connectivity index (χ4n) is 5.73. The van der Waals surface area contributed by atoms with Crippen molar-refractivity contribution in [3.63, 3.8) is 0 Å². The van der Waals surface area contributed by atoms with Crippen molar-refractivity contribution >= 4 is 16.8 Å². The van der Waals surface area contributed by atoms with E-state index < -0.39 is 5.60 Å². The van der Waals surface area contributed by atoms with Gasteiger partial charge in [0.15, 0.2) is 0 Å². The summed E-state index contributed by atoms with van der Waals surface area (Å²) in [4.78, 5) is 18.1. The highest BCUT2D eigenvalue weighted by Gasteiger charge is 2.54. The molecule has 6 rings (SSSR count). The number of aromatic nitrogens is 1. The van der Waals surface area contributed by atoms with Crippen molar-refractivity contribution in [3.8, 4) is 0 Å². The Kier molecular flexibility index (Phi) is 3.26. The van der Waals surface area contributed by atoms with E-state index in [-0.39, 0.29) is 23.8 Å². The first-order chi connectivity index (χ1) is 12.0. The van der Waals surface area contributed by atoms with E-state index >= 15 is 0 Å². The van der Waals surface area contributed by atoms with Gasteiger partial charge in [-0.05, 0) is 68.2 Å². The van der Waals surface area contributed by atoms with E-state index in [4.69, 9.17) is 0 Å². The summed E-state index contributed by atoms with van der Waals surface area (Å²) >= 11 is 0. The fourth-order valence-corrected chi connectivity index (χ4v) is 5.73. The van der Waals surface area contributed by atoms with Crippen molar-refractivity contribution < 1.29 is 14.3 Å². The smallest absolute Gasteiger partial charge is 0.223 e. The van der Waals surface area contributed by atoms with Gasteiger partial charge >= 0.3 is 0 Å². The number of hydrogen-bond acceptors (Lipinski definition) is 2. The second-order valence-corrected chi connectivity index (χ2v) is 8.29. The Morgan fingerprint density at radius 3 is 2.76 bits per heavy atom. The molecular weight excluding hydrogens is 319 g/mol. The fraction of sp³-hybridized carbons (Fsp3) is 0.550. The highest BCUT2D eigenvalue weighted by Crippen LogP contribution is 2.51. The molecule has 2 saturated heterocycles. The maximum atomic E-state index is 13.3. The Morgan fingerprint density at radius 2 is 2.04 bits per heavy atom. The Labute approximate surface area is 146 Å². The maximum absolute atomic E-state index is 13.3. The molecule has 4 nitrogen and oxygen atoms in total. The van der Waals surface area contributed by atoms with Crippen LogP contribution in [-0.4, -0.2) is 38.6 Å². The molecule has 0 radical (unpaired) electrons. The number of rotatable bonds is 3. The third-order valence-electron chi connectivity index (χ3n) is 6.52. The summed E-state index contributed by atoms with van der Waals surface area (Å²) in [5.41, 5.74) is 1.32. The van der Waals surface area contributed by atoms with Crippen molar-refractivity contribution in [2.45, 2.75) is 62.6 Å². The summed E-state index contributed by atoms with van der Waals surface area (Å²) in [6.07, 6.45) is 7.54. The molecule has 4 fully saturated rings. The molecule has 2 aromatic rings. The molecule has 2 N–H and O–H groups in total. The zero-order valence-electron chi connectivity index (χ0n) is 14.2. The third kappa shape index (κ3) is 2.48. The van der Waals surface area contributed by atoms with E-state index in [9.17, 15) is 14.3 Å². The van der Waals surface area contributed by atoms with E-state index in [1.165, 1.54) is 12.1 Å². The number of piperidine rings is 2. The minimum Gasteiger partial charge on any atom is -0.390 e. The number of aliphatic hydroxyl groups is 1. The number of fused-ring (bicyclic) bond motifs is 1. The van der Waals surface area contributed by atoms with Crippen LogP contribution >= 0.6 is 0 Å². The first kappa shape index (κ1) is 15.4. The second kappa shape index (κ2) is 5.31. The summed E-state index contributed by atoms with van der Waals surface area (Å²) in [7, 11) is 0. The molecule has 132 valence electrons. The van der Waals surface area contributed by atoms with Crippen LogP contribution in [0, 0.1) is 11.7 Å². The van der Waals surface area contributed by atoms with Crippen molar-refractivity contribution in [1.29, 1.82) is 0 Å². The average molecular weight is 342 g/mol. The van der Waals surface area contributed by atoms with E-state index in [0.717, 1.165) is 48.6 Å². The van der Waals surface area contributed by atoms with Gasteiger partial charge in [-0.2, -0.15) is 0 Å². The van der Waals surface area contributed by atoms with Crippen molar-refractivity contribution in [2.75, 3.05) is 0 Å². The monoisotopic (exact) mass is 342 g/mol. The number of aryl methyl sites for hydroxylation is 1. The lowest BCUT2D eigenvalue weighted by Crippen LogP contribution is -2.65. The van der Waals surface area contributed by atoms with Gasteiger partial charge in [-0.15, -0.1) is 0 Å². The SMILES string of the molecule is O=C(CCc1c[nH]c2cc(F)ccc12)N1C2CC3CC1CC(O)(C3)C2. The summed E-state index contributed by atoms with van der Waals surface area (Å²) in [6, 6.07) is 5.17. The predicted octanol–water partition coefficient (Wildman–Crippen LogP) is 3.14. The van der Waals surface area contributed by atoms with Gasteiger partial charge in [0.05, 0.1) is 5.60 Å². The summed E-state index contributed by atoms with van der Waals surface area (Å²) < 4.78 is 13.3. The van der Waals surface area contributed by atoms with Crippen molar-refractivity contribution in [2.24, 2.45) is 5.92 Å². The third-order valence-corrected chi connectivity index (χ3v) is 6.52. The molecule has 2 atom stereocenters. The quantitative estimate of drug-likeness (QED) is 0.900. The number of nitrogens with one attached hydrogen (secondary N) is 1. The van der Waals surface area contributed by atoms with Crippen LogP contribution in [0.2, 0.25) is 0 Å². The predicted molar refractivity (Wildman–Crippen MR) is 92.5 cm³/mol. The number of benzene rings is 1. The van der Waals surface area contributed by atoms with E-state index in [1.54, 1.807) is 6.07 Å². The molecule has 4 bridgehead atoms. The van der Waals surface area contributed by atoms with Crippen LogP contribution in [0.5, 0.6) is 0 Å². The molecule has 1 aromatic carbocycles. The van der Waals surface area contributed by atoms with Gasteiger partial charge in [-0.3, -0.25) is 4.79 Å². The second-order valence-electron chi connectivity index (χ2n) is 8.29. The van der Waals surface area contributed by atoms with Crippen molar-refractivity contribution in [3.05, 3.63) is 35.8 Å². The Hall–Kier alpha value is -1.88. The van der Waals surface area contributed by atoms with E-state index in [2.05, 4.69) is 9.88 Å². The minimum absolute atomic E-state index is 0.203. The normalized spacial score (nSPS) is 33.4. The molecule has 2 saturated carbocycles. The number of H-pyrrole nitrogens is 1. The van der Waals surface area contributed by atoms with Crippen LogP contribution < -0.4 is 0 Å². The van der Waals surface area contributed by atoms with E-state index in [1.807, 2.05) is 6.20 Å². The highest BCUT2D eigenvalue weighted by atomic mass is 19.1. The van der Waals surface area contributed by atoms with E-state index in [0.29, 0.717) is 18.8 Å². The summed E-state index contributed by atoms with van der Waals surface area (Å²) in [6.45, 7) is 0. The van der Waals surface area contributed by atoms with Crippen LogP contribution in [-0.2, 0) is 11.2 Å². The number of nitrogens with zero attached hydrogens (tertiary/aromatic N) is 1. The molecule has 25 heavy (non-hydrogen) atoms. The molecule has 5 heteroatoms.